The van der Waals surface area contributed by atoms with Gasteiger partial charge in [0.15, 0.2) is 19.0 Å². The molecule has 6 heteroatoms. The zero-order valence-corrected chi connectivity index (χ0v) is 15.0. The van der Waals surface area contributed by atoms with E-state index in [0.717, 1.165) is 11.1 Å². The van der Waals surface area contributed by atoms with Gasteiger partial charge in [-0.2, -0.15) is 0 Å². The van der Waals surface area contributed by atoms with Crippen LogP contribution in [0.25, 0.3) is 0 Å². The molecule has 0 spiro atoms. The van der Waals surface area contributed by atoms with Crippen LogP contribution >= 0.6 is 0 Å². The predicted octanol–water partition coefficient (Wildman–Crippen LogP) is 3.07. The first-order chi connectivity index (χ1) is 12.4. The van der Waals surface area contributed by atoms with E-state index in [1.54, 1.807) is 30.3 Å². The zero-order chi connectivity index (χ0) is 19.1. The second-order valence-corrected chi connectivity index (χ2v) is 5.83. The van der Waals surface area contributed by atoms with Crippen molar-refractivity contribution in [2.45, 2.75) is 20.8 Å². The third-order valence-electron chi connectivity index (χ3n) is 3.84. The van der Waals surface area contributed by atoms with Crippen LogP contribution in [0.1, 0.15) is 28.4 Å². The number of hydrogen-bond donors (Lipinski definition) is 1. The fraction of sp³-hybridized carbons (Fsp3) is 0.250. The molecule has 2 aromatic carbocycles. The number of benzene rings is 2. The summed E-state index contributed by atoms with van der Waals surface area (Å²) in [5.74, 6) is -0.550. The van der Waals surface area contributed by atoms with Gasteiger partial charge in [0.1, 0.15) is 5.75 Å². The van der Waals surface area contributed by atoms with Gasteiger partial charge in [0.05, 0.1) is 0 Å². The van der Waals surface area contributed by atoms with Crippen LogP contribution in [0.5, 0.6) is 5.75 Å². The Morgan fingerprint density at radius 2 is 1.65 bits per heavy atom. The Kier molecular flexibility index (Phi) is 6.49. The molecule has 0 bridgehead atoms. The summed E-state index contributed by atoms with van der Waals surface area (Å²) >= 11 is 0. The lowest BCUT2D eigenvalue weighted by Gasteiger charge is -2.11. The number of rotatable bonds is 7. The number of carbonyl (C=O) groups is 3. The molecule has 0 aliphatic carbocycles. The van der Waals surface area contributed by atoms with Crippen LogP contribution in [0.2, 0.25) is 0 Å². The lowest BCUT2D eigenvalue weighted by molar-refractivity contribution is -0.149. The minimum atomic E-state index is -0.631. The third-order valence-corrected chi connectivity index (χ3v) is 3.84. The Morgan fingerprint density at radius 1 is 0.962 bits per heavy atom. The molecule has 0 fully saturated rings. The molecule has 2 rings (SSSR count). The minimum Gasteiger partial charge on any atom is -0.482 e. The fourth-order valence-corrected chi connectivity index (χ4v) is 2.19. The van der Waals surface area contributed by atoms with Gasteiger partial charge in [0.25, 0.3) is 5.91 Å². The van der Waals surface area contributed by atoms with E-state index < -0.39 is 18.5 Å². The van der Waals surface area contributed by atoms with Crippen LogP contribution in [0.15, 0.2) is 42.5 Å². The maximum atomic E-state index is 11.8. The molecule has 26 heavy (non-hydrogen) atoms. The van der Waals surface area contributed by atoms with Gasteiger partial charge in [-0.25, -0.2) is 4.79 Å². The van der Waals surface area contributed by atoms with E-state index in [1.807, 2.05) is 26.0 Å². The highest BCUT2D eigenvalue weighted by molar-refractivity contribution is 5.96. The van der Waals surface area contributed by atoms with Gasteiger partial charge in [-0.3, -0.25) is 9.59 Å². The molecule has 6 nitrogen and oxygen atoms in total. The summed E-state index contributed by atoms with van der Waals surface area (Å²) in [6, 6.07) is 12.0. The number of Topliss-reactive ketones (excluding diaryl/α,β-unsaturated/α-hetero) is 1. The van der Waals surface area contributed by atoms with Crippen molar-refractivity contribution in [1.82, 2.24) is 0 Å². The van der Waals surface area contributed by atoms with Crippen LogP contribution in [0.3, 0.4) is 0 Å². The SMILES string of the molecule is CC(=O)c1ccc(NC(=O)COC(=O)COc2cccc(C)c2C)cc1. The molecular weight excluding hydrogens is 334 g/mol. The Balaban J connectivity index is 1.77. The maximum absolute atomic E-state index is 11.8. The highest BCUT2D eigenvalue weighted by Gasteiger charge is 2.10. The molecule has 0 heterocycles. The average Bonchev–Trinajstić information content (AvgIpc) is 2.61. The van der Waals surface area contributed by atoms with Gasteiger partial charge in [-0.1, -0.05) is 12.1 Å². The molecule has 136 valence electrons. The molecule has 0 aliphatic rings. The van der Waals surface area contributed by atoms with Crippen molar-refractivity contribution in [3.63, 3.8) is 0 Å². The zero-order valence-electron chi connectivity index (χ0n) is 15.0. The van der Waals surface area contributed by atoms with Gasteiger partial charge < -0.3 is 14.8 Å². The Morgan fingerprint density at radius 3 is 2.31 bits per heavy atom. The summed E-state index contributed by atoms with van der Waals surface area (Å²) in [6.45, 7) is 4.64. The van der Waals surface area contributed by atoms with Gasteiger partial charge in [0, 0.05) is 11.3 Å². The summed E-state index contributed by atoms with van der Waals surface area (Å²) < 4.78 is 10.3. The van der Waals surface area contributed by atoms with Crippen LogP contribution in [0, 0.1) is 13.8 Å². The van der Waals surface area contributed by atoms with Crippen molar-refractivity contribution in [2.24, 2.45) is 0 Å². The van der Waals surface area contributed by atoms with Gasteiger partial charge in [-0.15, -0.1) is 0 Å². The van der Waals surface area contributed by atoms with Crippen molar-refractivity contribution in [3.8, 4) is 5.75 Å². The number of esters is 1. The minimum absolute atomic E-state index is 0.0550. The summed E-state index contributed by atoms with van der Waals surface area (Å²) in [6.07, 6.45) is 0. The molecular formula is C20H21NO5. The van der Waals surface area contributed by atoms with Crippen molar-refractivity contribution < 1.29 is 23.9 Å². The van der Waals surface area contributed by atoms with Crippen molar-refractivity contribution in [3.05, 3.63) is 59.2 Å². The molecule has 0 saturated heterocycles. The molecule has 0 atom stereocenters. The molecule has 1 N–H and O–H groups in total. The third kappa shape index (κ3) is 5.44. The van der Waals surface area contributed by atoms with E-state index >= 15 is 0 Å². The number of ketones is 1. The number of carbonyl (C=O) groups excluding carboxylic acids is 3. The monoisotopic (exact) mass is 355 g/mol. The Bertz CT molecular complexity index is 811. The Hall–Kier alpha value is -3.15. The molecule has 0 saturated carbocycles. The normalized spacial score (nSPS) is 10.1. The van der Waals surface area contributed by atoms with Crippen LogP contribution in [-0.2, 0) is 14.3 Å². The summed E-state index contributed by atoms with van der Waals surface area (Å²) in [4.78, 5) is 34.7. The molecule has 0 radical (unpaired) electrons. The number of nitrogens with one attached hydrogen (secondary N) is 1. The highest BCUT2D eigenvalue weighted by atomic mass is 16.6. The summed E-state index contributed by atoms with van der Waals surface area (Å²) in [7, 11) is 0. The summed E-state index contributed by atoms with van der Waals surface area (Å²) in [5, 5.41) is 2.59. The smallest absolute Gasteiger partial charge is 0.344 e. The second kappa shape index (κ2) is 8.80. The number of hydrogen-bond acceptors (Lipinski definition) is 5. The molecule has 1 amide bonds. The van der Waals surface area contributed by atoms with Gasteiger partial charge in [-0.05, 0) is 62.2 Å². The van der Waals surface area contributed by atoms with E-state index in [1.165, 1.54) is 6.92 Å². The van der Waals surface area contributed by atoms with E-state index in [0.29, 0.717) is 17.0 Å². The standard InChI is InChI=1S/C20H21NO5/c1-13-5-4-6-18(14(13)2)25-12-20(24)26-11-19(23)21-17-9-7-16(8-10-17)15(3)22/h4-10H,11-12H2,1-3H3,(H,21,23). The molecule has 2 aromatic rings. The van der Waals surface area contributed by atoms with E-state index in [-0.39, 0.29) is 12.4 Å². The molecule has 0 unspecified atom stereocenters. The number of ether oxygens (including phenoxy) is 2. The van der Waals surface area contributed by atoms with Crippen molar-refractivity contribution in [2.75, 3.05) is 18.5 Å². The first-order valence-electron chi connectivity index (χ1n) is 8.12. The number of aryl methyl sites for hydroxylation is 1. The largest absolute Gasteiger partial charge is 0.482 e. The van der Waals surface area contributed by atoms with E-state index in [2.05, 4.69) is 5.32 Å². The maximum Gasteiger partial charge on any atom is 0.344 e. The predicted molar refractivity (Wildman–Crippen MR) is 97.4 cm³/mol. The van der Waals surface area contributed by atoms with E-state index in [9.17, 15) is 14.4 Å². The Labute approximate surface area is 152 Å². The quantitative estimate of drug-likeness (QED) is 0.610. The van der Waals surface area contributed by atoms with Gasteiger partial charge >= 0.3 is 5.97 Å². The van der Waals surface area contributed by atoms with Crippen LogP contribution in [0.4, 0.5) is 5.69 Å². The van der Waals surface area contributed by atoms with E-state index in [4.69, 9.17) is 9.47 Å². The van der Waals surface area contributed by atoms with Crippen molar-refractivity contribution >= 4 is 23.3 Å². The highest BCUT2D eigenvalue weighted by Crippen LogP contribution is 2.20. The lowest BCUT2D eigenvalue weighted by atomic mass is 10.1. The van der Waals surface area contributed by atoms with Crippen LogP contribution < -0.4 is 10.1 Å². The molecule has 0 aliphatic heterocycles. The topological polar surface area (TPSA) is 81.7 Å². The molecule has 0 aromatic heterocycles. The number of anilines is 1. The van der Waals surface area contributed by atoms with Crippen molar-refractivity contribution in [1.29, 1.82) is 0 Å². The van der Waals surface area contributed by atoms with Crippen LogP contribution in [-0.4, -0.2) is 30.9 Å². The lowest BCUT2D eigenvalue weighted by Crippen LogP contribution is -2.23. The van der Waals surface area contributed by atoms with Gasteiger partial charge in [0.2, 0.25) is 0 Å². The average molecular weight is 355 g/mol. The first kappa shape index (κ1) is 19.2. The fourth-order valence-electron chi connectivity index (χ4n) is 2.19. The number of amides is 1. The summed E-state index contributed by atoms with van der Waals surface area (Å²) in [5.41, 5.74) is 3.08. The first-order valence-corrected chi connectivity index (χ1v) is 8.12. The second-order valence-electron chi connectivity index (χ2n) is 5.83.